The summed E-state index contributed by atoms with van der Waals surface area (Å²) in [6, 6.07) is 0. The molecule has 0 bridgehead atoms. The van der Waals surface area contributed by atoms with Crippen molar-refractivity contribution in [2.24, 2.45) is 5.41 Å². The van der Waals surface area contributed by atoms with Crippen molar-refractivity contribution in [3.8, 4) is 0 Å². The summed E-state index contributed by atoms with van der Waals surface area (Å²) < 4.78 is 4.86. The Morgan fingerprint density at radius 1 is 1.71 bits per heavy atom. The fourth-order valence-electron chi connectivity index (χ4n) is 1.60. The second-order valence-electron chi connectivity index (χ2n) is 3.53. The third-order valence-corrected chi connectivity index (χ3v) is 2.65. The van der Waals surface area contributed by atoms with E-state index in [4.69, 9.17) is 9.84 Å². The number of hydrogen-bond acceptors (Lipinski definition) is 3. The van der Waals surface area contributed by atoms with Crippen LogP contribution in [0.25, 0.3) is 0 Å². The van der Waals surface area contributed by atoms with Gasteiger partial charge in [-0.1, -0.05) is 13.0 Å². The molecule has 78 valence electrons. The average molecular weight is 198 g/mol. The van der Waals surface area contributed by atoms with Crippen LogP contribution in [-0.2, 0) is 14.3 Å². The number of carboxylic acid groups (broad SMARTS) is 1. The molecule has 0 aromatic rings. The molecule has 14 heavy (non-hydrogen) atoms. The second-order valence-corrected chi connectivity index (χ2v) is 3.53. The lowest BCUT2D eigenvalue weighted by atomic mass is 9.82. The molecule has 0 saturated carbocycles. The molecule has 1 aliphatic heterocycles. The van der Waals surface area contributed by atoms with E-state index < -0.39 is 11.4 Å². The number of esters is 1. The highest BCUT2D eigenvalue weighted by Crippen LogP contribution is 2.36. The van der Waals surface area contributed by atoms with Crippen LogP contribution in [0.1, 0.15) is 26.7 Å². The van der Waals surface area contributed by atoms with E-state index >= 15 is 0 Å². The van der Waals surface area contributed by atoms with Crippen LogP contribution in [0.15, 0.2) is 11.6 Å². The normalized spacial score (nSPS) is 27.6. The largest absolute Gasteiger partial charge is 0.478 e. The summed E-state index contributed by atoms with van der Waals surface area (Å²) >= 11 is 0. The van der Waals surface area contributed by atoms with E-state index in [0.29, 0.717) is 19.4 Å². The summed E-state index contributed by atoms with van der Waals surface area (Å²) in [6.45, 7) is 3.74. The van der Waals surface area contributed by atoms with Gasteiger partial charge >= 0.3 is 11.9 Å². The highest BCUT2D eigenvalue weighted by molar-refractivity contribution is 5.89. The second kappa shape index (κ2) is 3.82. The van der Waals surface area contributed by atoms with Crippen molar-refractivity contribution < 1.29 is 19.4 Å². The molecule has 1 saturated heterocycles. The van der Waals surface area contributed by atoms with Crippen LogP contribution in [-0.4, -0.2) is 23.7 Å². The minimum atomic E-state index is -0.988. The van der Waals surface area contributed by atoms with E-state index in [1.807, 2.05) is 6.92 Å². The number of rotatable bonds is 3. The average Bonchev–Trinajstić information content (AvgIpc) is 2.48. The van der Waals surface area contributed by atoms with Gasteiger partial charge in [-0.25, -0.2) is 4.79 Å². The number of carbonyl (C=O) groups is 2. The molecule has 0 aromatic heterocycles. The molecule has 0 aromatic carbocycles. The van der Waals surface area contributed by atoms with Crippen molar-refractivity contribution in [2.75, 3.05) is 6.61 Å². The standard InChI is InChI=1S/C10H14O4/c1-3-10(4-5-14-9(10)13)6-7(2)8(11)12/h6H,3-5H2,1-2H3,(H,11,12)/b7-6+. The predicted octanol–water partition coefficient (Wildman–Crippen LogP) is 1.36. The Balaban J connectivity index is 2.97. The monoisotopic (exact) mass is 198 g/mol. The minimum absolute atomic E-state index is 0.200. The summed E-state index contributed by atoms with van der Waals surface area (Å²) in [6.07, 6.45) is 2.67. The Bertz CT molecular complexity index is 292. The van der Waals surface area contributed by atoms with Crippen molar-refractivity contribution in [2.45, 2.75) is 26.7 Å². The highest BCUT2D eigenvalue weighted by Gasteiger charge is 2.41. The van der Waals surface area contributed by atoms with Gasteiger partial charge in [0.25, 0.3) is 0 Å². The SMILES string of the molecule is CCC1(/C=C(\C)C(=O)O)CCOC1=O. The lowest BCUT2D eigenvalue weighted by molar-refractivity contribution is -0.144. The van der Waals surface area contributed by atoms with Gasteiger partial charge in [0.1, 0.15) is 0 Å². The summed E-state index contributed by atoms with van der Waals surface area (Å²) in [4.78, 5) is 22.1. The number of hydrogen-bond donors (Lipinski definition) is 1. The molecule has 1 fully saturated rings. The molecular weight excluding hydrogens is 184 g/mol. The first kappa shape index (κ1) is 10.8. The maximum atomic E-state index is 11.4. The first-order chi connectivity index (χ1) is 6.52. The van der Waals surface area contributed by atoms with E-state index in [2.05, 4.69) is 0 Å². The molecule has 4 nitrogen and oxygen atoms in total. The van der Waals surface area contributed by atoms with Gasteiger partial charge in [-0.3, -0.25) is 4.79 Å². The van der Waals surface area contributed by atoms with Gasteiger partial charge in [-0.05, 0) is 13.3 Å². The maximum absolute atomic E-state index is 11.4. The summed E-state index contributed by atoms with van der Waals surface area (Å²) in [7, 11) is 0. The topological polar surface area (TPSA) is 63.6 Å². The van der Waals surface area contributed by atoms with Gasteiger partial charge in [-0.2, -0.15) is 0 Å². The molecule has 1 heterocycles. The molecule has 1 aliphatic rings. The van der Waals surface area contributed by atoms with Gasteiger partial charge < -0.3 is 9.84 Å². The molecule has 0 aliphatic carbocycles. The van der Waals surface area contributed by atoms with Crippen LogP contribution in [0, 0.1) is 5.41 Å². The van der Waals surface area contributed by atoms with Crippen molar-refractivity contribution in [3.05, 3.63) is 11.6 Å². The molecule has 0 spiro atoms. The molecule has 1 N–H and O–H groups in total. The zero-order chi connectivity index (χ0) is 10.8. The lowest BCUT2D eigenvalue weighted by Crippen LogP contribution is -2.24. The van der Waals surface area contributed by atoms with Crippen molar-refractivity contribution in [1.29, 1.82) is 0 Å². The number of cyclic esters (lactones) is 1. The first-order valence-corrected chi connectivity index (χ1v) is 4.62. The van der Waals surface area contributed by atoms with Crippen LogP contribution in [0.2, 0.25) is 0 Å². The number of ether oxygens (including phenoxy) is 1. The molecular formula is C10H14O4. The Kier molecular flexibility index (Phi) is 2.93. The lowest BCUT2D eigenvalue weighted by Gasteiger charge is -2.18. The Morgan fingerprint density at radius 3 is 2.71 bits per heavy atom. The van der Waals surface area contributed by atoms with Crippen LogP contribution in [0.4, 0.5) is 0 Å². The molecule has 0 radical (unpaired) electrons. The fraction of sp³-hybridized carbons (Fsp3) is 0.600. The molecule has 1 unspecified atom stereocenters. The van der Waals surface area contributed by atoms with Gasteiger partial charge in [0.2, 0.25) is 0 Å². The first-order valence-electron chi connectivity index (χ1n) is 4.62. The van der Waals surface area contributed by atoms with E-state index in [9.17, 15) is 9.59 Å². The number of carbonyl (C=O) groups excluding carboxylic acids is 1. The fourth-order valence-corrected chi connectivity index (χ4v) is 1.60. The van der Waals surface area contributed by atoms with Gasteiger partial charge in [0.05, 0.1) is 12.0 Å². The highest BCUT2D eigenvalue weighted by atomic mass is 16.5. The van der Waals surface area contributed by atoms with Crippen molar-refractivity contribution in [1.82, 2.24) is 0 Å². The summed E-state index contributed by atoms with van der Waals surface area (Å²) in [5.74, 6) is -1.29. The third kappa shape index (κ3) is 1.78. The zero-order valence-corrected chi connectivity index (χ0v) is 8.37. The molecule has 1 atom stereocenters. The number of aliphatic carboxylic acids is 1. The van der Waals surface area contributed by atoms with E-state index in [1.165, 1.54) is 13.0 Å². The minimum Gasteiger partial charge on any atom is -0.478 e. The maximum Gasteiger partial charge on any atom is 0.330 e. The van der Waals surface area contributed by atoms with Crippen molar-refractivity contribution >= 4 is 11.9 Å². The molecule has 1 rings (SSSR count). The number of carboxylic acids is 1. The van der Waals surface area contributed by atoms with Crippen LogP contribution >= 0.6 is 0 Å². The third-order valence-electron chi connectivity index (χ3n) is 2.65. The van der Waals surface area contributed by atoms with E-state index in [1.54, 1.807) is 0 Å². The van der Waals surface area contributed by atoms with E-state index in [0.717, 1.165) is 0 Å². The molecule has 4 heteroatoms. The Labute approximate surface area is 82.6 Å². The quantitative estimate of drug-likeness (QED) is 0.549. The van der Waals surface area contributed by atoms with Crippen LogP contribution < -0.4 is 0 Å². The summed E-state index contributed by atoms with van der Waals surface area (Å²) in [5, 5.41) is 8.72. The smallest absolute Gasteiger partial charge is 0.330 e. The zero-order valence-electron chi connectivity index (χ0n) is 8.37. The van der Waals surface area contributed by atoms with E-state index in [-0.39, 0.29) is 11.5 Å². The van der Waals surface area contributed by atoms with Gasteiger partial charge in [-0.15, -0.1) is 0 Å². The van der Waals surface area contributed by atoms with Gasteiger partial charge in [0.15, 0.2) is 0 Å². The van der Waals surface area contributed by atoms with Crippen molar-refractivity contribution in [3.63, 3.8) is 0 Å². The van der Waals surface area contributed by atoms with Gasteiger partial charge in [0, 0.05) is 12.0 Å². The predicted molar refractivity (Wildman–Crippen MR) is 49.7 cm³/mol. The van der Waals surface area contributed by atoms with Crippen LogP contribution in [0.5, 0.6) is 0 Å². The van der Waals surface area contributed by atoms with Crippen LogP contribution in [0.3, 0.4) is 0 Å². The Morgan fingerprint density at radius 2 is 2.36 bits per heavy atom. The Hall–Kier alpha value is -1.32. The molecule has 0 amide bonds. The summed E-state index contributed by atoms with van der Waals surface area (Å²) in [5.41, 5.74) is -0.506.